The summed E-state index contributed by atoms with van der Waals surface area (Å²) in [4.78, 5) is 30.1. The number of fused-ring (bicyclic) bond motifs is 3. The van der Waals surface area contributed by atoms with Crippen molar-refractivity contribution in [1.82, 2.24) is 29.9 Å². The normalized spacial score (nSPS) is 11.3. The molecule has 0 aliphatic carbocycles. The largest absolute Gasteiger partial charge is 0.208 e. The van der Waals surface area contributed by atoms with Crippen molar-refractivity contribution in [1.29, 1.82) is 0 Å². The lowest BCUT2D eigenvalue weighted by atomic mass is 9.95. The summed E-state index contributed by atoms with van der Waals surface area (Å²) in [5.41, 5.74) is 7.65. The van der Waals surface area contributed by atoms with Gasteiger partial charge in [-0.05, 0) is 35.4 Å². The first kappa shape index (κ1) is 32.4. The molecule has 10 rings (SSSR count). The van der Waals surface area contributed by atoms with Crippen LogP contribution in [0.15, 0.2) is 182 Å². The fourth-order valence-electron chi connectivity index (χ4n) is 6.91. The van der Waals surface area contributed by atoms with Gasteiger partial charge in [0, 0.05) is 53.6 Å². The lowest BCUT2D eigenvalue weighted by molar-refractivity contribution is 1.07. The average molecular weight is 723 g/mol. The van der Waals surface area contributed by atoms with Crippen molar-refractivity contribution in [2.75, 3.05) is 0 Å². The zero-order chi connectivity index (χ0) is 36.6. The molecule has 0 N–H and O–H groups in total. The second-order valence-electron chi connectivity index (χ2n) is 13.2. The molecule has 0 bridgehead atoms. The Hall–Kier alpha value is -7.22. The van der Waals surface area contributed by atoms with E-state index < -0.39 is 0 Å². The SMILES string of the molecule is c1ccc(-c2nc(-c3ccccc3)nc(-c3cccc(-c4cc(-c5nc(-c6ccccc6)nc(-c6ccccc6)n5)cc5sc6ccccc6c45)c3)n2)cc1. The number of benzene rings is 7. The Morgan fingerprint density at radius 1 is 0.273 bits per heavy atom. The maximum atomic E-state index is 5.09. The molecule has 55 heavy (non-hydrogen) atoms. The van der Waals surface area contributed by atoms with Gasteiger partial charge < -0.3 is 0 Å². The fraction of sp³-hybridized carbons (Fsp3) is 0. The molecule has 0 radical (unpaired) electrons. The Balaban J connectivity index is 1.18. The van der Waals surface area contributed by atoms with Crippen molar-refractivity contribution in [3.05, 3.63) is 182 Å². The number of rotatable bonds is 7. The second kappa shape index (κ2) is 14.0. The number of thiophene rings is 1. The molecule has 6 nitrogen and oxygen atoms in total. The molecule has 3 heterocycles. The monoisotopic (exact) mass is 722 g/mol. The molecule has 0 saturated carbocycles. The van der Waals surface area contributed by atoms with E-state index in [0.717, 1.165) is 49.2 Å². The van der Waals surface area contributed by atoms with Gasteiger partial charge in [0.2, 0.25) is 0 Å². The van der Waals surface area contributed by atoms with E-state index in [-0.39, 0.29) is 0 Å². The van der Waals surface area contributed by atoms with Crippen molar-refractivity contribution in [3.63, 3.8) is 0 Å². The smallest absolute Gasteiger partial charge is 0.164 e. The summed E-state index contributed by atoms with van der Waals surface area (Å²) in [6.07, 6.45) is 0. The highest BCUT2D eigenvalue weighted by molar-refractivity contribution is 7.26. The zero-order valence-corrected chi connectivity index (χ0v) is 30.2. The van der Waals surface area contributed by atoms with Crippen molar-refractivity contribution in [2.24, 2.45) is 0 Å². The molecule has 7 aromatic carbocycles. The van der Waals surface area contributed by atoms with Gasteiger partial charge in [0.15, 0.2) is 34.9 Å². The molecule has 0 aliphatic heterocycles. The molecule has 0 atom stereocenters. The van der Waals surface area contributed by atoms with Crippen LogP contribution in [0.3, 0.4) is 0 Å². The first-order chi connectivity index (χ1) is 27.2. The summed E-state index contributed by atoms with van der Waals surface area (Å²) in [5.74, 6) is 3.73. The molecule has 0 fully saturated rings. The van der Waals surface area contributed by atoms with Gasteiger partial charge >= 0.3 is 0 Å². The maximum absolute atomic E-state index is 5.09. The number of aromatic nitrogens is 6. The summed E-state index contributed by atoms with van der Waals surface area (Å²) in [6, 6.07) is 61.8. The topological polar surface area (TPSA) is 77.3 Å². The van der Waals surface area contributed by atoms with Gasteiger partial charge in [-0.3, -0.25) is 0 Å². The lowest BCUT2D eigenvalue weighted by Crippen LogP contribution is -2.00. The highest BCUT2D eigenvalue weighted by atomic mass is 32.1. The maximum Gasteiger partial charge on any atom is 0.164 e. The van der Waals surface area contributed by atoms with Gasteiger partial charge in [-0.2, -0.15) is 0 Å². The quantitative estimate of drug-likeness (QED) is 0.163. The number of hydrogen-bond donors (Lipinski definition) is 0. The van der Waals surface area contributed by atoms with E-state index in [4.69, 9.17) is 29.9 Å². The van der Waals surface area contributed by atoms with E-state index in [0.29, 0.717) is 34.9 Å². The van der Waals surface area contributed by atoms with Crippen molar-refractivity contribution in [2.45, 2.75) is 0 Å². The summed E-state index contributed by atoms with van der Waals surface area (Å²) >= 11 is 1.78. The van der Waals surface area contributed by atoms with Crippen LogP contribution in [0.2, 0.25) is 0 Å². The van der Waals surface area contributed by atoms with Gasteiger partial charge in [-0.15, -0.1) is 11.3 Å². The fourth-order valence-corrected chi connectivity index (χ4v) is 8.08. The number of nitrogens with zero attached hydrogens (tertiary/aromatic N) is 6. The van der Waals surface area contributed by atoms with Gasteiger partial charge in [-0.1, -0.05) is 158 Å². The summed E-state index contributed by atoms with van der Waals surface area (Å²) in [6.45, 7) is 0. The van der Waals surface area contributed by atoms with Crippen LogP contribution in [0.25, 0.3) is 99.6 Å². The van der Waals surface area contributed by atoms with Crippen LogP contribution >= 0.6 is 11.3 Å². The van der Waals surface area contributed by atoms with E-state index in [1.807, 2.05) is 121 Å². The molecular weight excluding hydrogens is 693 g/mol. The standard InChI is InChI=1S/C48H30N6S/c1-5-16-31(17-6-1)43-49-44(32-18-7-2-8-19-32)52-47(51-43)36-25-15-24-35(28-36)39-29-37(30-41-42(39)38-26-13-14-27-40(38)55-41)48-53-45(33-20-9-3-10-21-33)50-46(54-48)34-22-11-4-12-23-34/h1-30H. The lowest BCUT2D eigenvalue weighted by Gasteiger charge is -2.12. The van der Waals surface area contributed by atoms with E-state index in [1.54, 1.807) is 11.3 Å². The Morgan fingerprint density at radius 3 is 1.15 bits per heavy atom. The molecule has 3 aromatic heterocycles. The third-order valence-electron chi connectivity index (χ3n) is 9.57. The minimum Gasteiger partial charge on any atom is -0.208 e. The molecule has 0 saturated heterocycles. The highest BCUT2D eigenvalue weighted by Crippen LogP contribution is 2.43. The first-order valence-electron chi connectivity index (χ1n) is 18.0. The molecule has 10 aromatic rings. The van der Waals surface area contributed by atoms with Crippen LogP contribution in [-0.2, 0) is 0 Å². The Morgan fingerprint density at radius 2 is 0.655 bits per heavy atom. The van der Waals surface area contributed by atoms with Crippen molar-refractivity contribution >= 4 is 31.5 Å². The van der Waals surface area contributed by atoms with E-state index >= 15 is 0 Å². The summed E-state index contributed by atoms with van der Waals surface area (Å²) in [7, 11) is 0. The minimum atomic E-state index is 0.606. The summed E-state index contributed by atoms with van der Waals surface area (Å²) in [5, 5.41) is 2.39. The van der Waals surface area contributed by atoms with E-state index in [2.05, 4.69) is 60.7 Å². The van der Waals surface area contributed by atoms with Gasteiger partial charge in [0.05, 0.1) is 0 Å². The number of hydrogen-bond acceptors (Lipinski definition) is 7. The van der Waals surface area contributed by atoms with Crippen LogP contribution in [0.1, 0.15) is 0 Å². The molecule has 0 unspecified atom stereocenters. The molecule has 0 amide bonds. The van der Waals surface area contributed by atoms with Crippen LogP contribution in [0.4, 0.5) is 0 Å². The van der Waals surface area contributed by atoms with Crippen LogP contribution < -0.4 is 0 Å². The average Bonchev–Trinajstić information content (AvgIpc) is 3.66. The van der Waals surface area contributed by atoms with E-state index in [1.165, 1.54) is 15.5 Å². The molecule has 7 heteroatoms. The predicted octanol–water partition coefficient (Wildman–Crippen LogP) is 12.1. The third-order valence-corrected chi connectivity index (χ3v) is 10.7. The summed E-state index contributed by atoms with van der Waals surface area (Å²) < 4.78 is 2.37. The minimum absolute atomic E-state index is 0.606. The van der Waals surface area contributed by atoms with Crippen LogP contribution in [0, 0.1) is 0 Å². The van der Waals surface area contributed by atoms with Crippen molar-refractivity contribution in [3.8, 4) is 79.5 Å². The Bertz CT molecular complexity index is 2850. The zero-order valence-electron chi connectivity index (χ0n) is 29.4. The third kappa shape index (κ3) is 6.33. The predicted molar refractivity (Wildman–Crippen MR) is 224 cm³/mol. The molecule has 0 aliphatic rings. The van der Waals surface area contributed by atoms with Crippen LogP contribution in [-0.4, -0.2) is 29.9 Å². The van der Waals surface area contributed by atoms with Gasteiger partial charge in [0.25, 0.3) is 0 Å². The highest BCUT2D eigenvalue weighted by Gasteiger charge is 2.19. The molecule has 0 spiro atoms. The Labute approximate surface area is 321 Å². The van der Waals surface area contributed by atoms with E-state index in [9.17, 15) is 0 Å². The van der Waals surface area contributed by atoms with Crippen LogP contribution in [0.5, 0.6) is 0 Å². The molecular formula is C48H30N6S. The van der Waals surface area contributed by atoms with Crippen molar-refractivity contribution < 1.29 is 0 Å². The first-order valence-corrected chi connectivity index (χ1v) is 18.9. The molecule has 258 valence electrons. The van der Waals surface area contributed by atoms with Gasteiger partial charge in [-0.25, -0.2) is 29.9 Å². The second-order valence-corrected chi connectivity index (χ2v) is 14.2. The Kier molecular flexibility index (Phi) is 8.24. The van der Waals surface area contributed by atoms with Gasteiger partial charge in [0.1, 0.15) is 0 Å².